The monoisotopic (exact) mass is 1530 g/mol. The van der Waals surface area contributed by atoms with E-state index in [0.717, 1.165) is 51.2 Å². The molecule has 0 amide bonds. The molecule has 4 heterocycles. The molecule has 16 aromatic rings. The van der Waals surface area contributed by atoms with E-state index in [0.29, 0.717) is 0 Å². The standard InChI is InChI=1S/C113H105B2N3/c1-68-50-52-96-80(54-68)88-60-78(117(73-42-30-22-31-43-73)74-44-32-23-33-45-74)62-90-84-64-82(100-92(110(8,9)10)55-69(108(2,3)4)56-93(100)111(11,12)13)87-67-99-103-85(65-83(86-66-98(114(96)106(88)90)102(84)104(87)105(86)103)101-94(112(14,15)16)57-70(109(5,6)7)58-95(101)113(17,18)19)91-63-79(118(75-46-34-24-35-47-75)76-48-36-25-37-49-76)61-89-81-59-77(51-53-97(81)115(99)107(89)91)116(71-38-26-20-27-39-71)72-40-28-21-29-41-72/h20-67H,1-19H3. The van der Waals surface area contributed by atoms with Crippen LogP contribution in [0.15, 0.2) is 291 Å². The van der Waals surface area contributed by atoms with E-state index in [4.69, 9.17) is 0 Å². The summed E-state index contributed by atoms with van der Waals surface area (Å²) in [5.74, 6) is 0. The first-order chi connectivity index (χ1) is 56.3. The van der Waals surface area contributed by atoms with Crippen LogP contribution < -0.4 is 47.5 Å². The minimum atomic E-state index is -0.282. The number of hydrogen-bond acceptors (Lipinski definition) is 3. The molecule has 0 N–H and O–H groups in total. The highest BCUT2D eigenvalue weighted by atomic mass is 15.2. The number of fused-ring (bicyclic) bond motifs is 10. The van der Waals surface area contributed by atoms with Crippen molar-refractivity contribution in [1.82, 2.24) is 0 Å². The smallest absolute Gasteiger partial charge is 0.244 e. The quantitative estimate of drug-likeness (QED) is 0.0944. The van der Waals surface area contributed by atoms with Crippen molar-refractivity contribution in [2.24, 2.45) is 0 Å². The third kappa shape index (κ3) is 11.8. The topological polar surface area (TPSA) is 9.72 Å². The first-order valence-electron chi connectivity index (χ1n) is 42.9. The molecule has 16 aromatic carbocycles. The van der Waals surface area contributed by atoms with Gasteiger partial charge in [-0.2, -0.15) is 0 Å². The van der Waals surface area contributed by atoms with E-state index < -0.39 is 0 Å². The molecule has 3 nitrogen and oxygen atoms in total. The van der Waals surface area contributed by atoms with Crippen LogP contribution in [-0.4, -0.2) is 13.4 Å². The van der Waals surface area contributed by atoms with Gasteiger partial charge in [0, 0.05) is 51.2 Å². The van der Waals surface area contributed by atoms with Gasteiger partial charge in [0.2, 0.25) is 13.4 Å². The molecule has 0 spiro atoms. The summed E-state index contributed by atoms with van der Waals surface area (Å²) in [6.07, 6.45) is 0. The second kappa shape index (κ2) is 26.5. The molecule has 5 heteroatoms. The number of nitrogens with zero attached hydrogens (tertiary/aromatic N) is 3. The summed E-state index contributed by atoms with van der Waals surface area (Å²) in [5, 5.41) is 8.04. The van der Waals surface area contributed by atoms with Gasteiger partial charge in [0.1, 0.15) is 0 Å². The van der Waals surface area contributed by atoms with Crippen molar-refractivity contribution in [3.63, 3.8) is 0 Å². The van der Waals surface area contributed by atoms with E-state index in [9.17, 15) is 0 Å². The molecule has 0 atom stereocenters. The summed E-state index contributed by atoms with van der Waals surface area (Å²) >= 11 is 0. The van der Waals surface area contributed by atoms with Gasteiger partial charge in [0.05, 0.1) is 0 Å². The Morgan fingerprint density at radius 2 is 0.475 bits per heavy atom. The van der Waals surface area contributed by atoms with E-state index in [1.54, 1.807) is 0 Å². The molecule has 118 heavy (non-hydrogen) atoms. The fraction of sp³-hybridized carbons (Fsp3) is 0.221. The third-order valence-corrected chi connectivity index (χ3v) is 26.4. The molecule has 0 aliphatic carbocycles. The predicted molar refractivity (Wildman–Crippen MR) is 513 cm³/mol. The Labute approximate surface area is 700 Å². The zero-order valence-electron chi connectivity index (χ0n) is 72.2. The largest absolute Gasteiger partial charge is 0.310 e. The molecule has 4 aliphatic rings. The van der Waals surface area contributed by atoms with Crippen LogP contribution in [-0.2, 0) is 32.5 Å². The Kier molecular flexibility index (Phi) is 16.8. The lowest BCUT2D eigenvalue weighted by Crippen LogP contribution is -2.53. The Morgan fingerprint density at radius 3 is 0.771 bits per heavy atom. The fourth-order valence-corrected chi connectivity index (χ4v) is 20.8. The molecular formula is C113H105B2N3. The van der Waals surface area contributed by atoms with Crippen LogP contribution >= 0.6 is 0 Å². The molecule has 0 fully saturated rings. The Morgan fingerprint density at radius 1 is 0.203 bits per heavy atom. The van der Waals surface area contributed by atoms with Crippen molar-refractivity contribution in [3.8, 4) is 66.8 Å². The molecule has 0 aromatic heterocycles. The minimum absolute atomic E-state index is 0.0785. The van der Waals surface area contributed by atoms with Gasteiger partial charge in [-0.3, -0.25) is 0 Å². The molecule has 0 saturated carbocycles. The first kappa shape index (κ1) is 74.9. The molecular weight excluding hydrogens is 1420 g/mol. The number of para-hydroxylation sites is 6. The van der Waals surface area contributed by atoms with Crippen LogP contribution in [0, 0.1) is 6.92 Å². The van der Waals surface area contributed by atoms with Gasteiger partial charge in [0.25, 0.3) is 0 Å². The van der Waals surface area contributed by atoms with Crippen LogP contribution in [0.5, 0.6) is 0 Å². The van der Waals surface area contributed by atoms with Gasteiger partial charge in [-0.1, -0.05) is 333 Å². The average molecular weight is 1530 g/mol. The average Bonchev–Trinajstić information content (AvgIpc) is 1.30. The summed E-state index contributed by atoms with van der Waals surface area (Å²) in [5.41, 5.74) is 41.9. The fourth-order valence-electron chi connectivity index (χ4n) is 20.8. The number of hydrogen-bond donors (Lipinski definition) is 0. The molecule has 0 bridgehead atoms. The second-order valence-corrected chi connectivity index (χ2v) is 40.5. The second-order valence-electron chi connectivity index (χ2n) is 40.5. The van der Waals surface area contributed by atoms with Crippen LogP contribution in [0.2, 0.25) is 0 Å². The Bertz CT molecular complexity index is 6500. The highest BCUT2D eigenvalue weighted by Crippen LogP contribution is 2.58. The Hall–Kier alpha value is -11.9. The molecule has 0 unspecified atom stereocenters. The zero-order valence-corrected chi connectivity index (χ0v) is 72.2. The van der Waals surface area contributed by atoms with Crippen LogP contribution in [0.1, 0.15) is 164 Å². The predicted octanol–water partition coefficient (Wildman–Crippen LogP) is 27.4. The molecule has 20 rings (SSSR count). The lowest BCUT2D eigenvalue weighted by Gasteiger charge is -2.37. The van der Waals surface area contributed by atoms with Crippen molar-refractivity contribution >= 4 is 130 Å². The summed E-state index contributed by atoms with van der Waals surface area (Å²) in [7, 11) is 0. The number of anilines is 9. The molecule has 4 aliphatic heterocycles. The lowest BCUT2D eigenvalue weighted by atomic mass is 9.34. The highest BCUT2D eigenvalue weighted by molar-refractivity contribution is 7.03. The number of aryl methyl sites for hydroxylation is 1. The summed E-state index contributed by atoms with van der Waals surface area (Å²) in [6.45, 7) is 46.2. The van der Waals surface area contributed by atoms with Gasteiger partial charge in [0.15, 0.2) is 0 Å². The van der Waals surface area contributed by atoms with Crippen LogP contribution in [0.3, 0.4) is 0 Å². The normalized spacial score (nSPS) is 13.3. The van der Waals surface area contributed by atoms with Gasteiger partial charge < -0.3 is 14.7 Å². The number of benzene rings is 16. The molecule has 0 saturated heterocycles. The Balaban J connectivity index is 1.03. The van der Waals surface area contributed by atoms with Gasteiger partial charge in [-0.25, -0.2) is 0 Å². The zero-order chi connectivity index (χ0) is 81.9. The third-order valence-electron chi connectivity index (χ3n) is 26.4. The van der Waals surface area contributed by atoms with Crippen molar-refractivity contribution in [2.75, 3.05) is 14.7 Å². The summed E-state index contributed by atoms with van der Waals surface area (Å²) < 4.78 is 0. The van der Waals surface area contributed by atoms with Gasteiger partial charge in [-0.15, -0.1) is 0 Å². The SMILES string of the molecule is Cc1ccc2c(c1)-c1cc(N(c3ccccc3)c3ccccc3)cc3c1B2c1cc2c(-c4c(C(C)(C)C)cc(C(C)(C)C)cc4C(C)(C)C)cc4c5c(cc6c(-c7c(C(C)(C)C)cc(C(C)(C)C)cc7C(C)(C)C)cc-3c1c6c25)B1c2ccc(N(c3ccccc3)c3ccccc3)cc2-c2cc(N(c3ccccc3)c3ccccc3)cc-4c21. The summed E-state index contributed by atoms with van der Waals surface area (Å²) in [6, 6.07) is 113. The van der Waals surface area contributed by atoms with E-state index in [-0.39, 0.29) is 45.9 Å². The maximum Gasteiger partial charge on any atom is 0.244 e. The van der Waals surface area contributed by atoms with E-state index in [1.807, 2.05) is 0 Å². The van der Waals surface area contributed by atoms with Crippen LogP contribution in [0.25, 0.3) is 99.1 Å². The first-order valence-corrected chi connectivity index (χ1v) is 42.9. The highest BCUT2D eigenvalue weighted by Gasteiger charge is 2.48. The molecule has 578 valence electrons. The molecule has 0 radical (unpaired) electrons. The van der Waals surface area contributed by atoms with Crippen molar-refractivity contribution in [3.05, 3.63) is 330 Å². The van der Waals surface area contributed by atoms with Gasteiger partial charge in [-0.05, 0) is 293 Å². The van der Waals surface area contributed by atoms with Gasteiger partial charge >= 0.3 is 0 Å². The maximum atomic E-state index is 2.80. The van der Waals surface area contributed by atoms with Crippen molar-refractivity contribution in [2.45, 2.75) is 164 Å². The lowest BCUT2D eigenvalue weighted by molar-refractivity contribution is 0.550. The summed E-state index contributed by atoms with van der Waals surface area (Å²) in [4.78, 5) is 7.47. The van der Waals surface area contributed by atoms with E-state index in [2.05, 4.69) is 437 Å². The van der Waals surface area contributed by atoms with E-state index in [1.165, 1.54) is 171 Å². The van der Waals surface area contributed by atoms with Crippen molar-refractivity contribution < 1.29 is 0 Å². The minimum Gasteiger partial charge on any atom is -0.310 e. The van der Waals surface area contributed by atoms with E-state index >= 15 is 0 Å². The van der Waals surface area contributed by atoms with Crippen LogP contribution in [0.4, 0.5) is 51.2 Å². The van der Waals surface area contributed by atoms with Crippen molar-refractivity contribution in [1.29, 1.82) is 0 Å². The number of rotatable bonds is 11. The maximum absolute atomic E-state index is 2.80.